The molecule has 166 valence electrons. The number of hydrogen-bond acceptors (Lipinski definition) is 5. The quantitative estimate of drug-likeness (QED) is 0.458. The highest BCUT2D eigenvalue weighted by molar-refractivity contribution is 8.00. The molecule has 2 aliphatic carbocycles. The molecule has 2 bridgehead atoms. The fourth-order valence-corrected chi connectivity index (χ4v) is 9.11. The number of methoxy groups -OCH3 is 1. The Bertz CT molecular complexity index is 1220. The van der Waals surface area contributed by atoms with Crippen molar-refractivity contribution in [1.29, 1.82) is 0 Å². The number of thiazole rings is 1. The first-order chi connectivity index (χ1) is 15.6. The van der Waals surface area contributed by atoms with Crippen molar-refractivity contribution in [2.24, 2.45) is 17.8 Å². The molecule has 0 spiro atoms. The molecule has 32 heavy (non-hydrogen) atoms. The van der Waals surface area contributed by atoms with Crippen LogP contribution in [0.25, 0.3) is 0 Å². The Morgan fingerprint density at radius 2 is 2.00 bits per heavy atom. The highest BCUT2D eigenvalue weighted by atomic mass is 35.5. The first kappa shape index (κ1) is 20.7. The summed E-state index contributed by atoms with van der Waals surface area (Å²) in [6, 6.07) is 14.0. The summed E-state index contributed by atoms with van der Waals surface area (Å²) in [5, 5.41) is 2.38. The minimum Gasteiger partial charge on any atom is -0.493 e. The molecule has 0 radical (unpaired) electrons. The van der Waals surface area contributed by atoms with Gasteiger partial charge >= 0.3 is 4.87 Å². The van der Waals surface area contributed by atoms with Gasteiger partial charge in [-0.1, -0.05) is 41.1 Å². The van der Waals surface area contributed by atoms with Crippen molar-refractivity contribution in [1.82, 2.24) is 4.98 Å². The lowest BCUT2D eigenvalue weighted by atomic mass is 9.75. The Hall–Kier alpha value is -1.89. The highest BCUT2D eigenvalue weighted by Crippen LogP contribution is 2.63. The van der Waals surface area contributed by atoms with Crippen LogP contribution in [0.15, 0.2) is 52.3 Å². The van der Waals surface area contributed by atoms with Gasteiger partial charge in [-0.3, -0.25) is 4.79 Å². The summed E-state index contributed by atoms with van der Waals surface area (Å²) < 4.78 is 11.8. The van der Waals surface area contributed by atoms with Crippen molar-refractivity contribution in [2.45, 2.75) is 42.1 Å². The van der Waals surface area contributed by atoms with E-state index in [1.165, 1.54) is 41.0 Å². The van der Waals surface area contributed by atoms with E-state index in [-0.39, 0.29) is 10.8 Å². The summed E-state index contributed by atoms with van der Waals surface area (Å²) in [5.41, 5.74) is 2.23. The van der Waals surface area contributed by atoms with Gasteiger partial charge in [-0.25, -0.2) is 0 Å². The number of aromatic nitrogens is 1. The Morgan fingerprint density at radius 1 is 1.12 bits per heavy atom. The van der Waals surface area contributed by atoms with E-state index in [0.717, 1.165) is 28.2 Å². The van der Waals surface area contributed by atoms with Gasteiger partial charge in [-0.05, 0) is 72.4 Å². The minimum atomic E-state index is 0.0493. The third kappa shape index (κ3) is 3.47. The van der Waals surface area contributed by atoms with E-state index in [1.807, 2.05) is 42.1 Å². The minimum absolute atomic E-state index is 0.0493. The number of thioether (sulfide) groups is 1. The first-order valence-electron chi connectivity index (χ1n) is 11.1. The Balaban J connectivity index is 1.34. The molecule has 2 heterocycles. The molecule has 6 rings (SSSR count). The number of hydrogen-bond donors (Lipinski definition) is 1. The second-order valence-corrected chi connectivity index (χ2v) is 11.6. The molecule has 0 amide bonds. The number of aromatic amines is 1. The largest absolute Gasteiger partial charge is 0.493 e. The van der Waals surface area contributed by atoms with E-state index in [1.54, 1.807) is 7.11 Å². The molecule has 1 aliphatic heterocycles. The Labute approximate surface area is 200 Å². The van der Waals surface area contributed by atoms with Crippen molar-refractivity contribution in [3.05, 3.63) is 73.2 Å². The Kier molecular flexibility index (Phi) is 5.27. The summed E-state index contributed by atoms with van der Waals surface area (Å²) >= 11 is 9.40. The molecule has 0 unspecified atom stereocenters. The van der Waals surface area contributed by atoms with Crippen molar-refractivity contribution >= 4 is 34.7 Å². The predicted molar refractivity (Wildman–Crippen MR) is 130 cm³/mol. The van der Waals surface area contributed by atoms with Crippen LogP contribution in [-0.4, -0.2) is 17.3 Å². The molecular formula is C25H24ClNO3S2. The van der Waals surface area contributed by atoms with Gasteiger partial charge in [-0.2, -0.15) is 0 Å². The topological polar surface area (TPSA) is 51.3 Å². The monoisotopic (exact) mass is 485 g/mol. The molecule has 1 N–H and O–H groups in total. The van der Waals surface area contributed by atoms with Crippen LogP contribution < -0.4 is 14.3 Å². The van der Waals surface area contributed by atoms with Crippen molar-refractivity contribution < 1.29 is 9.47 Å². The molecule has 1 aromatic heterocycles. The number of H-pyrrole nitrogens is 1. The highest BCUT2D eigenvalue weighted by Gasteiger charge is 2.54. The number of fused-ring (bicyclic) bond motifs is 6. The predicted octanol–water partition coefficient (Wildman–Crippen LogP) is 6.33. The lowest BCUT2D eigenvalue weighted by Gasteiger charge is -2.40. The third-order valence-corrected chi connectivity index (χ3v) is 10.2. The number of halogens is 1. The van der Waals surface area contributed by atoms with E-state index in [0.29, 0.717) is 28.5 Å². The summed E-state index contributed by atoms with van der Waals surface area (Å²) in [4.78, 5) is 16.6. The molecule has 2 saturated carbocycles. The maximum absolute atomic E-state index is 12.2. The summed E-state index contributed by atoms with van der Waals surface area (Å²) in [6.07, 6.45) is 3.97. The van der Waals surface area contributed by atoms with Crippen LogP contribution in [0.2, 0.25) is 5.02 Å². The molecule has 0 saturated heterocycles. The smallest absolute Gasteiger partial charge is 0.305 e. The molecular weight excluding hydrogens is 462 g/mol. The van der Waals surface area contributed by atoms with Gasteiger partial charge in [0, 0.05) is 21.1 Å². The summed E-state index contributed by atoms with van der Waals surface area (Å²) in [6.45, 7) is 0.425. The second-order valence-electron chi connectivity index (χ2n) is 9.01. The van der Waals surface area contributed by atoms with Crippen LogP contribution in [0.5, 0.6) is 11.5 Å². The average molecular weight is 486 g/mol. The van der Waals surface area contributed by atoms with E-state index in [2.05, 4.69) is 17.1 Å². The van der Waals surface area contributed by atoms with Gasteiger partial charge in [-0.15, -0.1) is 11.8 Å². The Morgan fingerprint density at radius 3 is 2.84 bits per heavy atom. The lowest BCUT2D eigenvalue weighted by molar-refractivity contribution is 0.282. The molecule has 3 aromatic rings. The van der Waals surface area contributed by atoms with Gasteiger partial charge in [0.25, 0.3) is 0 Å². The maximum atomic E-state index is 12.2. The van der Waals surface area contributed by atoms with Crippen LogP contribution in [-0.2, 0) is 6.61 Å². The molecule has 2 aromatic carbocycles. The zero-order valence-electron chi connectivity index (χ0n) is 17.7. The van der Waals surface area contributed by atoms with Crippen LogP contribution >= 0.6 is 34.7 Å². The van der Waals surface area contributed by atoms with E-state index in [4.69, 9.17) is 21.1 Å². The fraction of sp³-hybridized carbons (Fsp3) is 0.400. The van der Waals surface area contributed by atoms with Gasteiger partial charge in [0.05, 0.1) is 12.1 Å². The average Bonchev–Trinajstić information content (AvgIpc) is 3.50. The second kappa shape index (κ2) is 8.15. The fourth-order valence-electron chi connectivity index (χ4n) is 6.01. The summed E-state index contributed by atoms with van der Waals surface area (Å²) in [7, 11) is 1.68. The van der Waals surface area contributed by atoms with Gasteiger partial charge in [0.1, 0.15) is 6.61 Å². The van der Waals surface area contributed by atoms with Crippen LogP contribution in [0, 0.1) is 17.8 Å². The van der Waals surface area contributed by atoms with E-state index < -0.39 is 0 Å². The number of rotatable bonds is 5. The molecule has 4 nitrogen and oxygen atoms in total. The lowest BCUT2D eigenvalue weighted by Crippen LogP contribution is -2.33. The van der Waals surface area contributed by atoms with Crippen molar-refractivity contribution in [2.75, 3.05) is 7.11 Å². The normalized spacial score (nSPS) is 27.8. The number of nitrogens with one attached hydrogen (secondary N) is 1. The van der Waals surface area contributed by atoms with Crippen LogP contribution in [0.3, 0.4) is 0 Å². The zero-order valence-corrected chi connectivity index (χ0v) is 20.1. The van der Waals surface area contributed by atoms with Gasteiger partial charge in [0.2, 0.25) is 0 Å². The standard InChI is InChI=1S/C25H24ClNO3S2/c1-29-19-11-15(7-8-18(19)30-12-13-3-2-4-17(26)9-13)21-20-14-5-6-16(10-14)22(20)31-24-23(21)32-25(28)27-24/h2-4,7-9,11,14,16,20-22H,5-6,10,12H2,1H3,(H,27,28)/t14-,16-,20+,21+,22-/m0/s1. The van der Waals surface area contributed by atoms with E-state index >= 15 is 0 Å². The maximum Gasteiger partial charge on any atom is 0.305 e. The van der Waals surface area contributed by atoms with Crippen LogP contribution in [0.1, 0.15) is 41.2 Å². The SMILES string of the molecule is COc1cc([C@H]2c3sc(=O)[nH]c3S[C@H]3[C@H]4CC[C@@H](C4)[C@H]23)ccc1OCc1cccc(Cl)c1. The van der Waals surface area contributed by atoms with Gasteiger partial charge < -0.3 is 14.5 Å². The third-order valence-electron chi connectivity index (χ3n) is 7.30. The van der Waals surface area contributed by atoms with Crippen LogP contribution in [0.4, 0.5) is 0 Å². The molecule has 7 heteroatoms. The number of benzene rings is 2. The molecule has 5 atom stereocenters. The number of ether oxygens (including phenoxy) is 2. The summed E-state index contributed by atoms with van der Waals surface area (Å²) in [5.74, 6) is 3.79. The van der Waals surface area contributed by atoms with E-state index in [9.17, 15) is 4.79 Å². The molecule has 3 aliphatic rings. The molecule has 2 fully saturated rings. The van der Waals surface area contributed by atoms with Gasteiger partial charge in [0.15, 0.2) is 11.5 Å². The first-order valence-corrected chi connectivity index (χ1v) is 13.1. The van der Waals surface area contributed by atoms with Crippen molar-refractivity contribution in [3.63, 3.8) is 0 Å². The zero-order chi connectivity index (χ0) is 21.8. The van der Waals surface area contributed by atoms with Crippen molar-refractivity contribution in [3.8, 4) is 11.5 Å².